The van der Waals surface area contributed by atoms with Gasteiger partial charge in [-0.1, -0.05) is 6.42 Å². The highest BCUT2D eigenvalue weighted by atomic mass is 15.0. The van der Waals surface area contributed by atoms with E-state index in [0.29, 0.717) is 0 Å². The predicted octanol–water partition coefficient (Wildman–Crippen LogP) is 2.11. The van der Waals surface area contributed by atoms with E-state index in [-0.39, 0.29) is 0 Å². The fourth-order valence-corrected chi connectivity index (χ4v) is 2.02. The van der Waals surface area contributed by atoms with Gasteiger partial charge < -0.3 is 9.13 Å². The average Bonchev–Trinajstić information content (AvgIpc) is 2.89. The zero-order valence-corrected chi connectivity index (χ0v) is 10.6. The lowest BCUT2D eigenvalue weighted by molar-refractivity contribution is 0.626. The predicted molar refractivity (Wildman–Crippen MR) is 67.7 cm³/mol. The minimum absolute atomic E-state index is 1.07. The van der Waals surface area contributed by atoms with E-state index in [0.717, 1.165) is 12.8 Å². The summed E-state index contributed by atoms with van der Waals surface area (Å²) < 4.78 is 4.19. The number of hydrogen-bond donors (Lipinski definition) is 0. The number of rotatable bonds is 6. The van der Waals surface area contributed by atoms with Crippen molar-refractivity contribution in [2.75, 3.05) is 0 Å². The lowest BCUT2D eigenvalue weighted by Gasteiger charge is -2.03. The molecule has 0 aliphatic rings. The molecule has 2 heterocycles. The van der Waals surface area contributed by atoms with E-state index in [4.69, 9.17) is 0 Å². The Morgan fingerprint density at radius 3 is 1.65 bits per heavy atom. The largest absolute Gasteiger partial charge is 0.338 e. The van der Waals surface area contributed by atoms with Crippen LogP contribution in [-0.2, 0) is 26.9 Å². The summed E-state index contributed by atoms with van der Waals surface area (Å²) in [4.78, 5) is 8.65. The molecule has 0 fully saturated rings. The molecule has 0 atom stereocenters. The zero-order chi connectivity index (χ0) is 12.1. The maximum absolute atomic E-state index is 4.32. The van der Waals surface area contributed by atoms with E-state index < -0.39 is 0 Å². The molecule has 4 nitrogen and oxygen atoms in total. The topological polar surface area (TPSA) is 35.6 Å². The van der Waals surface area contributed by atoms with Crippen molar-refractivity contribution in [2.45, 2.75) is 32.1 Å². The molecule has 17 heavy (non-hydrogen) atoms. The first-order chi connectivity index (χ1) is 8.27. The highest BCUT2D eigenvalue weighted by Gasteiger charge is 2.01. The summed E-state index contributed by atoms with van der Waals surface area (Å²) in [7, 11) is 4.10. The van der Waals surface area contributed by atoms with Crippen LogP contribution >= 0.6 is 0 Å². The van der Waals surface area contributed by atoms with Crippen molar-refractivity contribution in [2.24, 2.45) is 14.1 Å². The molecular formula is C13H20N4. The second-order valence-electron chi connectivity index (χ2n) is 4.47. The van der Waals surface area contributed by atoms with Crippen molar-refractivity contribution in [3.63, 3.8) is 0 Å². The van der Waals surface area contributed by atoms with Crippen molar-refractivity contribution >= 4 is 0 Å². The number of unbranched alkanes of at least 4 members (excludes halogenated alkanes) is 2. The van der Waals surface area contributed by atoms with Gasteiger partial charge in [-0.2, -0.15) is 0 Å². The molecule has 0 saturated heterocycles. The van der Waals surface area contributed by atoms with Gasteiger partial charge in [0.05, 0.1) is 0 Å². The molecule has 0 radical (unpaired) electrons. The zero-order valence-electron chi connectivity index (χ0n) is 10.6. The molecule has 2 aromatic heterocycles. The Balaban J connectivity index is 1.64. The van der Waals surface area contributed by atoms with Gasteiger partial charge in [-0.25, -0.2) is 9.97 Å². The van der Waals surface area contributed by atoms with Crippen LogP contribution in [0.25, 0.3) is 0 Å². The molecule has 92 valence electrons. The van der Waals surface area contributed by atoms with Crippen LogP contribution in [0.15, 0.2) is 24.8 Å². The van der Waals surface area contributed by atoms with E-state index >= 15 is 0 Å². The first-order valence-corrected chi connectivity index (χ1v) is 6.20. The standard InChI is InChI=1S/C13H20N4/c1-16-10-8-14-12(16)6-4-3-5-7-13-15-9-11-17(13)2/h8-11H,3-7H2,1-2H3. The van der Waals surface area contributed by atoms with Gasteiger partial charge in [0.2, 0.25) is 0 Å². The maximum Gasteiger partial charge on any atom is 0.108 e. The van der Waals surface area contributed by atoms with Gasteiger partial charge in [0.1, 0.15) is 11.6 Å². The number of aromatic nitrogens is 4. The molecule has 0 saturated carbocycles. The molecule has 2 aromatic rings. The molecule has 0 aliphatic carbocycles. The fraction of sp³-hybridized carbons (Fsp3) is 0.538. The maximum atomic E-state index is 4.32. The summed E-state index contributed by atoms with van der Waals surface area (Å²) in [6.45, 7) is 0. The van der Waals surface area contributed by atoms with E-state index in [1.54, 1.807) is 0 Å². The van der Waals surface area contributed by atoms with Gasteiger partial charge in [0, 0.05) is 51.7 Å². The SMILES string of the molecule is Cn1ccnc1CCCCCc1nccn1C. The Kier molecular flexibility index (Phi) is 3.96. The van der Waals surface area contributed by atoms with E-state index in [9.17, 15) is 0 Å². The summed E-state index contributed by atoms with van der Waals surface area (Å²) in [6.07, 6.45) is 13.5. The average molecular weight is 232 g/mol. The van der Waals surface area contributed by atoms with Crippen LogP contribution < -0.4 is 0 Å². The Bertz CT molecular complexity index is 413. The first kappa shape index (κ1) is 11.9. The van der Waals surface area contributed by atoms with Gasteiger partial charge >= 0.3 is 0 Å². The van der Waals surface area contributed by atoms with Crippen LogP contribution in [-0.4, -0.2) is 19.1 Å². The van der Waals surface area contributed by atoms with Crippen LogP contribution in [0.5, 0.6) is 0 Å². The quantitative estimate of drug-likeness (QED) is 0.715. The van der Waals surface area contributed by atoms with E-state index in [2.05, 4.69) is 33.2 Å². The normalized spacial score (nSPS) is 10.9. The molecule has 0 aromatic carbocycles. The van der Waals surface area contributed by atoms with Crippen molar-refractivity contribution in [3.05, 3.63) is 36.4 Å². The van der Waals surface area contributed by atoms with Gasteiger partial charge in [-0.15, -0.1) is 0 Å². The van der Waals surface area contributed by atoms with Crippen LogP contribution in [0.2, 0.25) is 0 Å². The van der Waals surface area contributed by atoms with E-state index in [1.807, 2.05) is 24.8 Å². The summed E-state index contributed by atoms with van der Waals surface area (Å²) in [6, 6.07) is 0. The van der Waals surface area contributed by atoms with Crippen LogP contribution in [0.4, 0.5) is 0 Å². The van der Waals surface area contributed by atoms with Crippen LogP contribution in [0.1, 0.15) is 30.9 Å². The smallest absolute Gasteiger partial charge is 0.108 e. The van der Waals surface area contributed by atoms with Crippen molar-refractivity contribution in [1.82, 2.24) is 19.1 Å². The molecule has 0 N–H and O–H groups in total. The van der Waals surface area contributed by atoms with Crippen LogP contribution in [0, 0.1) is 0 Å². The summed E-state index contributed by atoms with van der Waals surface area (Å²) in [5.74, 6) is 2.36. The van der Waals surface area contributed by atoms with Gasteiger partial charge in [0.25, 0.3) is 0 Å². The minimum atomic E-state index is 1.07. The summed E-state index contributed by atoms with van der Waals surface area (Å²) >= 11 is 0. The molecule has 0 amide bonds. The van der Waals surface area contributed by atoms with Crippen molar-refractivity contribution in [1.29, 1.82) is 0 Å². The highest BCUT2D eigenvalue weighted by molar-refractivity contribution is 4.92. The molecule has 0 unspecified atom stereocenters. The van der Waals surface area contributed by atoms with Crippen molar-refractivity contribution < 1.29 is 0 Å². The minimum Gasteiger partial charge on any atom is -0.338 e. The van der Waals surface area contributed by atoms with E-state index in [1.165, 1.54) is 30.9 Å². The third-order valence-corrected chi connectivity index (χ3v) is 3.14. The molecule has 4 heteroatoms. The Morgan fingerprint density at radius 2 is 1.29 bits per heavy atom. The fourth-order valence-electron chi connectivity index (χ4n) is 2.02. The van der Waals surface area contributed by atoms with Gasteiger partial charge in [-0.3, -0.25) is 0 Å². The number of hydrogen-bond acceptors (Lipinski definition) is 2. The summed E-state index contributed by atoms with van der Waals surface area (Å²) in [5, 5.41) is 0. The second kappa shape index (κ2) is 5.66. The van der Waals surface area contributed by atoms with Gasteiger partial charge in [-0.05, 0) is 12.8 Å². The molecular weight excluding hydrogens is 212 g/mol. The molecule has 0 bridgehead atoms. The first-order valence-electron chi connectivity index (χ1n) is 6.20. The molecule has 2 rings (SSSR count). The summed E-state index contributed by atoms with van der Waals surface area (Å²) in [5.41, 5.74) is 0. The highest BCUT2D eigenvalue weighted by Crippen LogP contribution is 2.07. The van der Waals surface area contributed by atoms with Crippen molar-refractivity contribution in [3.8, 4) is 0 Å². The molecule has 0 aliphatic heterocycles. The number of nitrogens with zero attached hydrogens (tertiary/aromatic N) is 4. The lowest BCUT2D eigenvalue weighted by Crippen LogP contribution is -1.99. The monoisotopic (exact) mass is 232 g/mol. The Hall–Kier alpha value is -1.58. The molecule has 0 spiro atoms. The number of imidazole rings is 2. The van der Waals surface area contributed by atoms with Crippen LogP contribution in [0.3, 0.4) is 0 Å². The Labute approximate surface area is 102 Å². The number of aryl methyl sites for hydroxylation is 4. The third kappa shape index (κ3) is 3.19. The second-order valence-corrected chi connectivity index (χ2v) is 4.47. The third-order valence-electron chi connectivity index (χ3n) is 3.14. The lowest BCUT2D eigenvalue weighted by atomic mass is 10.1. The Morgan fingerprint density at radius 1 is 0.824 bits per heavy atom. The van der Waals surface area contributed by atoms with Gasteiger partial charge in [0.15, 0.2) is 0 Å².